The summed E-state index contributed by atoms with van der Waals surface area (Å²) in [7, 11) is 0. The van der Waals surface area contributed by atoms with Crippen molar-refractivity contribution in [2.45, 2.75) is 25.9 Å². The zero-order valence-electron chi connectivity index (χ0n) is 9.45. The maximum Gasteiger partial charge on any atom is 0.305 e. The van der Waals surface area contributed by atoms with Crippen molar-refractivity contribution in [1.29, 1.82) is 0 Å². The number of rotatable bonds is 5. The average Bonchev–Trinajstić information content (AvgIpc) is 2.30. The standard InChI is InChI=1S/C12H14F2O3/c1-2-17-12(16)6-5-11(15)8-3-4-9(13)10(14)7-8/h3-4,7,11,15H,2,5-6H2,1H3. The highest BCUT2D eigenvalue weighted by molar-refractivity contribution is 5.69. The van der Waals surface area contributed by atoms with E-state index in [0.717, 1.165) is 12.1 Å². The molecular formula is C12H14F2O3. The van der Waals surface area contributed by atoms with Gasteiger partial charge in [0.25, 0.3) is 0 Å². The lowest BCUT2D eigenvalue weighted by atomic mass is 10.0. The van der Waals surface area contributed by atoms with E-state index in [1.54, 1.807) is 6.92 Å². The second-order valence-electron chi connectivity index (χ2n) is 3.53. The van der Waals surface area contributed by atoms with E-state index in [1.165, 1.54) is 6.07 Å². The van der Waals surface area contributed by atoms with Crippen LogP contribution in [0.2, 0.25) is 0 Å². The van der Waals surface area contributed by atoms with Gasteiger partial charge in [-0.3, -0.25) is 4.79 Å². The Kier molecular flexibility index (Phi) is 5.03. The normalized spacial score (nSPS) is 12.2. The molecule has 1 unspecified atom stereocenters. The third-order valence-corrected chi connectivity index (χ3v) is 2.26. The van der Waals surface area contributed by atoms with Crippen molar-refractivity contribution in [2.75, 3.05) is 6.61 Å². The lowest BCUT2D eigenvalue weighted by molar-refractivity contribution is -0.143. The number of ether oxygens (including phenoxy) is 1. The molecule has 0 aliphatic carbocycles. The second kappa shape index (κ2) is 6.30. The molecule has 1 aromatic rings. The minimum absolute atomic E-state index is 0.0357. The molecule has 0 bridgehead atoms. The van der Waals surface area contributed by atoms with E-state index >= 15 is 0 Å². The molecule has 1 atom stereocenters. The van der Waals surface area contributed by atoms with Crippen LogP contribution in [0.4, 0.5) is 8.78 Å². The van der Waals surface area contributed by atoms with Gasteiger partial charge in [0, 0.05) is 6.42 Å². The molecule has 17 heavy (non-hydrogen) atoms. The number of aliphatic hydroxyl groups is 1. The molecule has 0 aromatic heterocycles. The van der Waals surface area contributed by atoms with Gasteiger partial charge in [-0.25, -0.2) is 8.78 Å². The third kappa shape index (κ3) is 4.11. The summed E-state index contributed by atoms with van der Waals surface area (Å²) in [5, 5.41) is 9.66. The van der Waals surface area contributed by atoms with Gasteiger partial charge in [0.2, 0.25) is 0 Å². The molecule has 0 aliphatic heterocycles. The number of carbonyl (C=O) groups excluding carboxylic acids is 1. The fraction of sp³-hybridized carbons (Fsp3) is 0.417. The van der Waals surface area contributed by atoms with Gasteiger partial charge in [-0.1, -0.05) is 6.07 Å². The van der Waals surface area contributed by atoms with Crippen LogP contribution in [0, 0.1) is 11.6 Å². The van der Waals surface area contributed by atoms with Crippen LogP contribution < -0.4 is 0 Å². The Labute approximate surface area is 98.0 Å². The summed E-state index contributed by atoms with van der Waals surface area (Å²) in [6.45, 7) is 1.96. The van der Waals surface area contributed by atoms with Crippen molar-refractivity contribution in [3.8, 4) is 0 Å². The van der Waals surface area contributed by atoms with Gasteiger partial charge < -0.3 is 9.84 Å². The van der Waals surface area contributed by atoms with Crippen molar-refractivity contribution in [3.63, 3.8) is 0 Å². The van der Waals surface area contributed by atoms with Crippen LogP contribution in [0.3, 0.4) is 0 Å². The average molecular weight is 244 g/mol. The summed E-state index contributed by atoms with van der Waals surface area (Å²) >= 11 is 0. The molecule has 0 radical (unpaired) electrons. The van der Waals surface area contributed by atoms with Crippen molar-refractivity contribution < 1.29 is 23.4 Å². The molecule has 0 saturated heterocycles. The maximum absolute atomic E-state index is 12.9. The van der Waals surface area contributed by atoms with Gasteiger partial charge in [-0.2, -0.15) is 0 Å². The zero-order valence-corrected chi connectivity index (χ0v) is 9.45. The number of hydrogen-bond donors (Lipinski definition) is 1. The highest BCUT2D eigenvalue weighted by Crippen LogP contribution is 2.20. The number of halogens is 2. The van der Waals surface area contributed by atoms with Crippen molar-refractivity contribution >= 4 is 5.97 Å². The lowest BCUT2D eigenvalue weighted by Crippen LogP contribution is -2.07. The number of esters is 1. The van der Waals surface area contributed by atoms with Gasteiger partial charge in [-0.15, -0.1) is 0 Å². The van der Waals surface area contributed by atoms with Crippen LogP contribution in [0.15, 0.2) is 18.2 Å². The molecule has 0 saturated carbocycles. The summed E-state index contributed by atoms with van der Waals surface area (Å²) < 4.78 is 30.2. The number of hydrogen-bond acceptors (Lipinski definition) is 3. The summed E-state index contributed by atoms with van der Waals surface area (Å²) in [5.41, 5.74) is 0.244. The molecule has 5 heteroatoms. The Morgan fingerprint density at radius 3 is 2.71 bits per heavy atom. The van der Waals surface area contributed by atoms with Crippen molar-refractivity contribution in [3.05, 3.63) is 35.4 Å². The van der Waals surface area contributed by atoms with E-state index in [9.17, 15) is 18.7 Å². The molecule has 0 spiro atoms. The summed E-state index contributed by atoms with van der Waals surface area (Å²) in [6.07, 6.45) is -0.854. The van der Waals surface area contributed by atoms with E-state index in [0.29, 0.717) is 0 Å². The molecule has 1 N–H and O–H groups in total. The van der Waals surface area contributed by atoms with Crippen LogP contribution in [0.1, 0.15) is 31.4 Å². The molecule has 0 amide bonds. The van der Waals surface area contributed by atoms with Crippen LogP contribution in [0.25, 0.3) is 0 Å². The summed E-state index contributed by atoms with van der Waals surface area (Å²) in [5.74, 6) is -2.40. The third-order valence-electron chi connectivity index (χ3n) is 2.26. The van der Waals surface area contributed by atoms with E-state index in [4.69, 9.17) is 0 Å². The molecule has 0 heterocycles. The van der Waals surface area contributed by atoms with E-state index in [2.05, 4.69) is 4.74 Å². The topological polar surface area (TPSA) is 46.5 Å². The van der Waals surface area contributed by atoms with Gasteiger partial charge >= 0.3 is 5.97 Å². The van der Waals surface area contributed by atoms with Crippen LogP contribution in [0.5, 0.6) is 0 Å². The molecule has 1 rings (SSSR count). The first kappa shape index (κ1) is 13.6. The summed E-state index contributed by atoms with van der Waals surface area (Å²) in [6, 6.07) is 3.15. The highest BCUT2D eigenvalue weighted by atomic mass is 19.2. The molecule has 0 fully saturated rings. The first-order valence-corrected chi connectivity index (χ1v) is 5.33. The fourth-order valence-electron chi connectivity index (χ4n) is 1.37. The number of aliphatic hydroxyl groups excluding tert-OH is 1. The van der Waals surface area contributed by atoms with Gasteiger partial charge in [0.15, 0.2) is 11.6 Å². The van der Waals surface area contributed by atoms with Crippen molar-refractivity contribution in [2.24, 2.45) is 0 Å². The highest BCUT2D eigenvalue weighted by Gasteiger charge is 2.13. The maximum atomic E-state index is 12.9. The minimum atomic E-state index is -1.02. The fourth-order valence-corrected chi connectivity index (χ4v) is 1.37. The van der Waals surface area contributed by atoms with Crippen LogP contribution in [-0.4, -0.2) is 17.7 Å². The van der Waals surface area contributed by atoms with Crippen LogP contribution in [-0.2, 0) is 9.53 Å². The number of carbonyl (C=O) groups is 1. The minimum Gasteiger partial charge on any atom is -0.466 e. The molecule has 94 valence electrons. The first-order chi connectivity index (χ1) is 8.04. The largest absolute Gasteiger partial charge is 0.466 e. The van der Waals surface area contributed by atoms with E-state index < -0.39 is 23.7 Å². The van der Waals surface area contributed by atoms with Gasteiger partial charge in [-0.05, 0) is 31.0 Å². The Balaban J connectivity index is 2.54. The SMILES string of the molecule is CCOC(=O)CCC(O)c1ccc(F)c(F)c1. The molecule has 3 nitrogen and oxygen atoms in total. The van der Waals surface area contributed by atoms with E-state index in [-0.39, 0.29) is 25.0 Å². The second-order valence-corrected chi connectivity index (χ2v) is 3.53. The Hall–Kier alpha value is -1.49. The van der Waals surface area contributed by atoms with Crippen molar-refractivity contribution in [1.82, 2.24) is 0 Å². The molecule has 1 aromatic carbocycles. The first-order valence-electron chi connectivity index (χ1n) is 5.33. The number of benzene rings is 1. The molecular weight excluding hydrogens is 230 g/mol. The monoisotopic (exact) mass is 244 g/mol. The van der Waals surface area contributed by atoms with Gasteiger partial charge in [0.1, 0.15) is 0 Å². The smallest absolute Gasteiger partial charge is 0.305 e. The molecule has 0 aliphatic rings. The Morgan fingerprint density at radius 1 is 1.41 bits per heavy atom. The van der Waals surface area contributed by atoms with Gasteiger partial charge in [0.05, 0.1) is 12.7 Å². The quantitative estimate of drug-likeness (QED) is 0.809. The zero-order chi connectivity index (χ0) is 12.8. The Morgan fingerprint density at radius 2 is 2.12 bits per heavy atom. The lowest BCUT2D eigenvalue weighted by Gasteiger charge is -2.10. The predicted molar refractivity (Wildman–Crippen MR) is 57.2 cm³/mol. The van der Waals surface area contributed by atoms with Crippen LogP contribution >= 0.6 is 0 Å². The summed E-state index contributed by atoms with van der Waals surface area (Å²) in [4.78, 5) is 11.0. The van der Waals surface area contributed by atoms with E-state index in [1.807, 2.05) is 0 Å². The Bertz CT molecular complexity index is 393. The predicted octanol–water partition coefficient (Wildman–Crippen LogP) is 2.34.